The molecule has 2 aromatic carbocycles. The molecule has 0 amide bonds. The maximum atomic E-state index is 3.82. The molecule has 1 atom stereocenters. The van der Waals surface area contributed by atoms with E-state index in [9.17, 15) is 0 Å². The fraction of sp³-hybridized carbons (Fsp3) is 0.368. The van der Waals surface area contributed by atoms with Crippen LogP contribution in [0.5, 0.6) is 0 Å². The Morgan fingerprint density at radius 1 is 1.19 bits per heavy atom. The van der Waals surface area contributed by atoms with Crippen molar-refractivity contribution in [3.63, 3.8) is 0 Å². The van der Waals surface area contributed by atoms with Gasteiger partial charge in [0, 0.05) is 10.5 Å². The minimum absolute atomic E-state index is 0.443. The number of rotatable bonds is 8. The number of allylic oxidation sites excluding steroid dienone is 1. The van der Waals surface area contributed by atoms with Crippen LogP contribution in [0.1, 0.15) is 44.2 Å². The van der Waals surface area contributed by atoms with E-state index >= 15 is 0 Å². The number of benzene rings is 2. The van der Waals surface area contributed by atoms with E-state index in [2.05, 4.69) is 71.1 Å². The second-order valence-corrected chi connectivity index (χ2v) is 6.39. The van der Waals surface area contributed by atoms with Crippen LogP contribution in [-0.2, 0) is 0 Å². The summed E-state index contributed by atoms with van der Waals surface area (Å²) in [6, 6.07) is 13.7. The lowest BCUT2D eigenvalue weighted by atomic mass is 9.98. The first-order chi connectivity index (χ1) is 10.2. The Morgan fingerprint density at radius 3 is 2.71 bits per heavy atom. The van der Waals surface area contributed by atoms with Crippen molar-refractivity contribution in [3.8, 4) is 0 Å². The van der Waals surface area contributed by atoms with Crippen molar-refractivity contribution in [3.05, 3.63) is 59.1 Å². The first kappa shape index (κ1) is 16.3. The van der Waals surface area contributed by atoms with Gasteiger partial charge in [0.15, 0.2) is 0 Å². The lowest BCUT2D eigenvalue weighted by molar-refractivity contribution is 0.486. The third kappa shape index (κ3) is 4.69. The fourth-order valence-electron chi connectivity index (χ4n) is 2.62. The highest BCUT2D eigenvalue weighted by molar-refractivity contribution is 9.10. The molecule has 0 radical (unpaired) electrons. The Labute approximate surface area is 136 Å². The van der Waals surface area contributed by atoms with Crippen molar-refractivity contribution in [2.45, 2.75) is 38.6 Å². The topological polar surface area (TPSA) is 12.0 Å². The summed E-state index contributed by atoms with van der Waals surface area (Å²) in [6.45, 7) is 7.10. The quantitative estimate of drug-likeness (QED) is 0.457. The molecule has 2 aromatic rings. The largest absolute Gasteiger partial charge is 0.310 e. The first-order valence-electron chi connectivity index (χ1n) is 7.78. The van der Waals surface area contributed by atoms with E-state index in [4.69, 9.17) is 0 Å². The molecule has 0 saturated carbocycles. The van der Waals surface area contributed by atoms with Crippen molar-refractivity contribution in [2.24, 2.45) is 0 Å². The Hall–Kier alpha value is -1.12. The van der Waals surface area contributed by atoms with E-state index in [1.807, 2.05) is 6.08 Å². The van der Waals surface area contributed by atoms with Crippen molar-refractivity contribution in [2.75, 3.05) is 6.54 Å². The number of halogens is 1. The summed E-state index contributed by atoms with van der Waals surface area (Å²) in [7, 11) is 0. The van der Waals surface area contributed by atoms with Crippen LogP contribution in [0.25, 0.3) is 10.8 Å². The molecule has 0 heterocycles. The molecule has 1 nitrogen and oxygen atoms in total. The Kier molecular flexibility index (Phi) is 6.47. The van der Waals surface area contributed by atoms with Crippen LogP contribution in [0.4, 0.5) is 0 Å². The summed E-state index contributed by atoms with van der Waals surface area (Å²) in [5.41, 5.74) is 1.39. The van der Waals surface area contributed by atoms with Crippen LogP contribution in [0.2, 0.25) is 0 Å². The minimum Gasteiger partial charge on any atom is -0.310 e. The van der Waals surface area contributed by atoms with Crippen LogP contribution in [0.15, 0.2) is 53.5 Å². The smallest absolute Gasteiger partial charge is 0.0320 e. The molecule has 1 N–H and O–H groups in total. The Balaban J connectivity index is 2.21. The van der Waals surface area contributed by atoms with E-state index in [1.165, 1.54) is 29.2 Å². The summed E-state index contributed by atoms with van der Waals surface area (Å²) >= 11 is 3.53. The van der Waals surface area contributed by atoms with Gasteiger partial charge in [-0.2, -0.15) is 0 Å². The van der Waals surface area contributed by atoms with Crippen molar-refractivity contribution >= 4 is 26.7 Å². The Morgan fingerprint density at radius 2 is 1.95 bits per heavy atom. The molecule has 0 aromatic heterocycles. The van der Waals surface area contributed by atoms with Crippen LogP contribution >= 0.6 is 15.9 Å². The molecule has 0 aliphatic rings. The molecule has 112 valence electrons. The summed E-state index contributed by atoms with van der Waals surface area (Å²) in [5.74, 6) is 0. The molecule has 0 bridgehead atoms. The van der Waals surface area contributed by atoms with Gasteiger partial charge in [-0.1, -0.05) is 47.1 Å². The summed E-state index contributed by atoms with van der Waals surface area (Å²) in [4.78, 5) is 0. The average Bonchev–Trinajstić information content (AvgIpc) is 2.50. The SMILES string of the molecule is C=CCCCC(NCCC)c1ccc2cc(Br)ccc2c1. The second kappa shape index (κ2) is 8.35. The monoisotopic (exact) mass is 345 g/mol. The van der Waals surface area contributed by atoms with Gasteiger partial charge in [-0.25, -0.2) is 0 Å². The van der Waals surface area contributed by atoms with Crippen LogP contribution < -0.4 is 5.32 Å². The van der Waals surface area contributed by atoms with Gasteiger partial charge in [0.25, 0.3) is 0 Å². The first-order valence-corrected chi connectivity index (χ1v) is 8.57. The predicted molar refractivity (Wildman–Crippen MR) is 96.7 cm³/mol. The van der Waals surface area contributed by atoms with Crippen molar-refractivity contribution in [1.82, 2.24) is 5.32 Å². The van der Waals surface area contributed by atoms with E-state index in [-0.39, 0.29) is 0 Å². The van der Waals surface area contributed by atoms with Gasteiger partial charge < -0.3 is 5.32 Å². The van der Waals surface area contributed by atoms with Gasteiger partial charge in [-0.3, -0.25) is 0 Å². The zero-order valence-corrected chi connectivity index (χ0v) is 14.3. The number of hydrogen-bond acceptors (Lipinski definition) is 1. The number of hydrogen-bond donors (Lipinski definition) is 1. The number of fused-ring (bicyclic) bond motifs is 1. The van der Waals surface area contributed by atoms with Gasteiger partial charge in [-0.15, -0.1) is 6.58 Å². The fourth-order valence-corrected chi connectivity index (χ4v) is 3.00. The molecule has 0 fully saturated rings. The normalized spacial score (nSPS) is 12.5. The van der Waals surface area contributed by atoms with Crippen molar-refractivity contribution in [1.29, 1.82) is 0 Å². The molecular formula is C19H24BrN. The number of unbranched alkanes of at least 4 members (excludes halogenated alkanes) is 1. The molecule has 2 rings (SSSR count). The van der Waals surface area contributed by atoms with Gasteiger partial charge in [-0.05, 0) is 66.8 Å². The third-order valence-electron chi connectivity index (χ3n) is 3.77. The summed E-state index contributed by atoms with van der Waals surface area (Å²) in [5, 5.41) is 6.27. The van der Waals surface area contributed by atoms with Crippen molar-refractivity contribution < 1.29 is 0 Å². The molecule has 21 heavy (non-hydrogen) atoms. The zero-order valence-electron chi connectivity index (χ0n) is 12.7. The highest BCUT2D eigenvalue weighted by Crippen LogP contribution is 2.26. The molecule has 0 saturated heterocycles. The number of nitrogens with one attached hydrogen (secondary N) is 1. The molecule has 0 aliphatic carbocycles. The summed E-state index contributed by atoms with van der Waals surface area (Å²) < 4.78 is 1.13. The maximum absolute atomic E-state index is 3.82. The van der Waals surface area contributed by atoms with Crippen LogP contribution in [0, 0.1) is 0 Å². The minimum atomic E-state index is 0.443. The lowest BCUT2D eigenvalue weighted by Gasteiger charge is -2.19. The standard InChI is InChI=1S/C19H24BrN/c1-3-5-6-7-19(21-12-4-2)17-9-8-16-14-18(20)11-10-15(16)13-17/h3,8-11,13-14,19,21H,1,4-7,12H2,2H3. The summed E-state index contributed by atoms with van der Waals surface area (Å²) in [6.07, 6.45) is 6.61. The predicted octanol–water partition coefficient (Wildman–Crippen LogP) is 6.00. The molecule has 2 heteroatoms. The maximum Gasteiger partial charge on any atom is 0.0320 e. The molecule has 1 unspecified atom stereocenters. The second-order valence-electron chi connectivity index (χ2n) is 5.48. The molecule has 0 spiro atoms. The van der Waals surface area contributed by atoms with E-state index in [1.54, 1.807) is 0 Å². The highest BCUT2D eigenvalue weighted by atomic mass is 79.9. The van der Waals surface area contributed by atoms with E-state index in [0.29, 0.717) is 6.04 Å². The van der Waals surface area contributed by atoms with E-state index in [0.717, 1.165) is 23.9 Å². The van der Waals surface area contributed by atoms with E-state index < -0.39 is 0 Å². The molecular weight excluding hydrogens is 322 g/mol. The van der Waals surface area contributed by atoms with Gasteiger partial charge in [0.2, 0.25) is 0 Å². The van der Waals surface area contributed by atoms with Gasteiger partial charge in [0.05, 0.1) is 0 Å². The van der Waals surface area contributed by atoms with Gasteiger partial charge >= 0.3 is 0 Å². The van der Waals surface area contributed by atoms with Gasteiger partial charge in [0.1, 0.15) is 0 Å². The Bertz CT molecular complexity index is 591. The molecule has 0 aliphatic heterocycles. The van der Waals surface area contributed by atoms with Crippen LogP contribution in [-0.4, -0.2) is 6.54 Å². The average molecular weight is 346 g/mol. The third-order valence-corrected chi connectivity index (χ3v) is 4.26. The highest BCUT2D eigenvalue weighted by Gasteiger charge is 2.10. The van der Waals surface area contributed by atoms with Crippen LogP contribution in [0.3, 0.4) is 0 Å². The zero-order chi connectivity index (χ0) is 15.1. The lowest BCUT2D eigenvalue weighted by Crippen LogP contribution is -2.22.